The van der Waals surface area contributed by atoms with Crippen molar-refractivity contribution in [3.8, 4) is 5.88 Å². The fraction of sp³-hybridized carbons (Fsp3) is 0.385. The molecule has 5 heteroatoms. The van der Waals surface area contributed by atoms with Crippen LogP contribution in [0, 0.1) is 6.92 Å². The average molecular weight is 263 g/mol. The summed E-state index contributed by atoms with van der Waals surface area (Å²) in [4.78, 5) is 8.77. The number of hydrogen-bond acceptors (Lipinski definition) is 5. The number of anilines is 1. The Morgan fingerprint density at radius 3 is 2.94 bits per heavy atom. The molecular formula is C13H17N3OS. The highest BCUT2D eigenvalue weighted by Crippen LogP contribution is 2.12. The standard InChI is InChI=1S/C13H17N3OS/c1-3-17-12-6-4-5-11(16-12)14-8-7-13-15-10(2)9-18-13/h4-6,9H,3,7-8H2,1-2H3,(H,14,16). The highest BCUT2D eigenvalue weighted by Gasteiger charge is 2.00. The molecule has 96 valence electrons. The Bertz CT molecular complexity index is 498. The van der Waals surface area contributed by atoms with Gasteiger partial charge >= 0.3 is 0 Å². The van der Waals surface area contributed by atoms with Crippen LogP contribution in [0.1, 0.15) is 17.6 Å². The lowest BCUT2D eigenvalue weighted by molar-refractivity contribution is 0.327. The van der Waals surface area contributed by atoms with E-state index in [1.165, 1.54) is 0 Å². The first-order chi connectivity index (χ1) is 8.78. The summed E-state index contributed by atoms with van der Waals surface area (Å²) < 4.78 is 5.35. The minimum Gasteiger partial charge on any atom is -0.478 e. The SMILES string of the molecule is CCOc1cccc(NCCc2nc(C)cs2)n1. The molecule has 0 bridgehead atoms. The minimum atomic E-state index is 0.634. The molecule has 0 fully saturated rings. The molecule has 0 saturated heterocycles. The molecule has 0 spiro atoms. The molecule has 0 amide bonds. The maximum atomic E-state index is 5.35. The van der Waals surface area contributed by atoms with Crippen LogP contribution in [0.5, 0.6) is 5.88 Å². The van der Waals surface area contributed by atoms with Gasteiger partial charge in [-0.15, -0.1) is 11.3 Å². The first kappa shape index (κ1) is 12.8. The number of thiazole rings is 1. The Morgan fingerprint density at radius 1 is 1.33 bits per heavy atom. The third kappa shape index (κ3) is 3.70. The minimum absolute atomic E-state index is 0.634. The number of nitrogens with one attached hydrogen (secondary N) is 1. The highest BCUT2D eigenvalue weighted by atomic mass is 32.1. The fourth-order valence-corrected chi connectivity index (χ4v) is 2.33. The Morgan fingerprint density at radius 2 is 2.22 bits per heavy atom. The van der Waals surface area contributed by atoms with E-state index in [0.717, 1.165) is 29.5 Å². The van der Waals surface area contributed by atoms with Crippen LogP contribution >= 0.6 is 11.3 Å². The quantitative estimate of drug-likeness (QED) is 0.870. The molecule has 0 aliphatic carbocycles. The number of nitrogens with zero attached hydrogens (tertiary/aromatic N) is 2. The summed E-state index contributed by atoms with van der Waals surface area (Å²) >= 11 is 1.70. The van der Waals surface area contributed by atoms with E-state index in [1.54, 1.807) is 11.3 Å². The van der Waals surface area contributed by atoms with Gasteiger partial charge in [-0.3, -0.25) is 0 Å². The van der Waals surface area contributed by atoms with Crippen LogP contribution in [0.4, 0.5) is 5.82 Å². The van der Waals surface area contributed by atoms with Crippen LogP contribution in [0.3, 0.4) is 0 Å². The molecule has 0 aromatic carbocycles. The summed E-state index contributed by atoms with van der Waals surface area (Å²) in [5, 5.41) is 6.50. The van der Waals surface area contributed by atoms with Gasteiger partial charge < -0.3 is 10.1 Å². The van der Waals surface area contributed by atoms with Crippen LogP contribution in [-0.4, -0.2) is 23.1 Å². The number of pyridine rings is 1. The lowest BCUT2D eigenvalue weighted by atomic mass is 10.4. The number of ether oxygens (including phenoxy) is 1. The molecule has 0 unspecified atom stereocenters. The first-order valence-electron chi connectivity index (χ1n) is 6.02. The van der Waals surface area contributed by atoms with Gasteiger partial charge in [0, 0.05) is 30.1 Å². The summed E-state index contributed by atoms with van der Waals surface area (Å²) in [6.45, 7) is 5.43. The molecule has 2 aromatic heterocycles. The Labute approximate surface area is 111 Å². The van der Waals surface area contributed by atoms with Gasteiger partial charge in [-0.2, -0.15) is 4.98 Å². The van der Waals surface area contributed by atoms with Gasteiger partial charge in [0.25, 0.3) is 0 Å². The molecule has 2 heterocycles. The van der Waals surface area contributed by atoms with Crippen molar-refractivity contribution in [3.63, 3.8) is 0 Å². The van der Waals surface area contributed by atoms with E-state index in [2.05, 4.69) is 20.7 Å². The Kier molecular flexibility index (Phi) is 4.52. The molecule has 0 atom stereocenters. The Hall–Kier alpha value is -1.62. The molecule has 0 radical (unpaired) electrons. The molecule has 2 aromatic rings. The number of aromatic nitrogens is 2. The van der Waals surface area contributed by atoms with E-state index in [0.29, 0.717) is 12.5 Å². The second-order valence-electron chi connectivity index (χ2n) is 3.85. The third-order valence-corrected chi connectivity index (χ3v) is 3.35. The van der Waals surface area contributed by atoms with Gasteiger partial charge in [-0.1, -0.05) is 6.07 Å². The van der Waals surface area contributed by atoms with E-state index in [-0.39, 0.29) is 0 Å². The van der Waals surface area contributed by atoms with Gasteiger partial charge in [-0.25, -0.2) is 4.98 Å². The molecule has 2 rings (SSSR count). The zero-order valence-electron chi connectivity index (χ0n) is 10.6. The van der Waals surface area contributed by atoms with Gasteiger partial charge in [0.05, 0.1) is 11.6 Å². The summed E-state index contributed by atoms with van der Waals surface area (Å²) in [5.74, 6) is 1.50. The smallest absolute Gasteiger partial charge is 0.215 e. The van der Waals surface area contributed by atoms with Crippen molar-refractivity contribution in [2.75, 3.05) is 18.5 Å². The van der Waals surface area contributed by atoms with E-state index in [4.69, 9.17) is 4.74 Å². The third-order valence-electron chi connectivity index (χ3n) is 2.33. The van der Waals surface area contributed by atoms with Gasteiger partial charge in [0.15, 0.2) is 0 Å². The maximum absolute atomic E-state index is 5.35. The summed E-state index contributed by atoms with van der Waals surface area (Å²) in [6.07, 6.45) is 0.916. The lowest BCUT2D eigenvalue weighted by Crippen LogP contribution is -2.06. The van der Waals surface area contributed by atoms with Gasteiger partial charge in [0.1, 0.15) is 5.82 Å². The van der Waals surface area contributed by atoms with Crippen LogP contribution in [0.2, 0.25) is 0 Å². The second kappa shape index (κ2) is 6.35. The van der Waals surface area contributed by atoms with Crippen molar-refractivity contribution >= 4 is 17.2 Å². The second-order valence-corrected chi connectivity index (χ2v) is 4.80. The zero-order chi connectivity index (χ0) is 12.8. The first-order valence-corrected chi connectivity index (χ1v) is 6.90. The van der Waals surface area contributed by atoms with E-state index >= 15 is 0 Å². The Balaban J connectivity index is 1.84. The van der Waals surface area contributed by atoms with E-state index in [1.807, 2.05) is 32.0 Å². The average Bonchev–Trinajstić information content (AvgIpc) is 2.76. The molecule has 4 nitrogen and oxygen atoms in total. The van der Waals surface area contributed by atoms with Crippen molar-refractivity contribution < 1.29 is 4.74 Å². The van der Waals surface area contributed by atoms with Crippen molar-refractivity contribution in [2.24, 2.45) is 0 Å². The summed E-state index contributed by atoms with van der Waals surface area (Å²) in [7, 11) is 0. The predicted molar refractivity (Wildman–Crippen MR) is 74.5 cm³/mol. The van der Waals surface area contributed by atoms with Gasteiger partial charge in [0.2, 0.25) is 5.88 Å². The highest BCUT2D eigenvalue weighted by molar-refractivity contribution is 7.09. The van der Waals surface area contributed by atoms with E-state index < -0.39 is 0 Å². The molecule has 0 aliphatic heterocycles. The van der Waals surface area contributed by atoms with Crippen LogP contribution in [0.25, 0.3) is 0 Å². The van der Waals surface area contributed by atoms with E-state index in [9.17, 15) is 0 Å². The summed E-state index contributed by atoms with van der Waals surface area (Å²) in [6, 6.07) is 5.74. The number of hydrogen-bond donors (Lipinski definition) is 1. The predicted octanol–water partition coefficient (Wildman–Crippen LogP) is 2.90. The molecule has 0 saturated carbocycles. The molecule has 18 heavy (non-hydrogen) atoms. The normalized spacial score (nSPS) is 10.3. The van der Waals surface area contributed by atoms with Crippen molar-refractivity contribution in [1.82, 2.24) is 9.97 Å². The van der Waals surface area contributed by atoms with Gasteiger partial charge in [-0.05, 0) is 19.9 Å². The zero-order valence-corrected chi connectivity index (χ0v) is 11.5. The molecule has 0 aliphatic rings. The summed E-state index contributed by atoms with van der Waals surface area (Å²) in [5.41, 5.74) is 1.09. The van der Waals surface area contributed by atoms with Crippen LogP contribution < -0.4 is 10.1 Å². The van der Waals surface area contributed by atoms with Crippen molar-refractivity contribution in [2.45, 2.75) is 20.3 Å². The molecule has 1 N–H and O–H groups in total. The van der Waals surface area contributed by atoms with Crippen LogP contribution in [-0.2, 0) is 6.42 Å². The largest absolute Gasteiger partial charge is 0.478 e. The van der Waals surface area contributed by atoms with Crippen molar-refractivity contribution in [1.29, 1.82) is 0 Å². The number of rotatable bonds is 6. The molecular weight excluding hydrogens is 246 g/mol. The fourth-order valence-electron chi connectivity index (χ4n) is 1.56. The monoisotopic (exact) mass is 263 g/mol. The lowest BCUT2D eigenvalue weighted by Gasteiger charge is -2.06. The number of aryl methyl sites for hydroxylation is 1. The van der Waals surface area contributed by atoms with Crippen LogP contribution in [0.15, 0.2) is 23.6 Å². The van der Waals surface area contributed by atoms with Crippen molar-refractivity contribution in [3.05, 3.63) is 34.3 Å². The topological polar surface area (TPSA) is 47.0 Å². The maximum Gasteiger partial charge on any atom is 0.215 e.